The van der Waals surface area contributed by atoms with Crippen molar-refractivity contribution in [2.45, 2.75) is 52.5 Å². The number of amides is 1. The molecule has 1 aliphatic carbocycles. The first-order valence-electron chi connectivity index (χ1n) is 10.8. The van der Waals surface area contributed by atoms with Crippen LogP contribution in [-0.4, -0.2) is 47.3 Å². The maximum Gasteiger partial charge on any atom is 0.250 e. The number of rotatable bonds is 4. The quantitative estimate of drug-likeness (QED) is 0.811. The van der Waals surface area contributed by atoms with Crippen molar-refractivity contribution in [2.24, 2.45) is 11.1 Å². The average molecular weight is 409 g/mol. The number of piperidine rings is 1. The maximum atomic E-state index is 12.8. The minimum Gasteiger partial charge on any atom is -0.382 e. The molecule has 2 heterocycles. The monoisotopic (exact) mass is 408 g/mol. The van der Waals surface area contributed by atoms with Gasteiger partial charge >= 0.3 is 0 Å². The fourth-order valence-corrected chi connectivity index (χ4v) is 4.90. The Morgan fingerprint density at radius 3 is 2.57 bits per heavy atom. The summed E-state index contributed by atoms with van der Waals surface area (Å²) in [6, 6.07) is 6.04. The van der Waals surface area contributed by atoms with Gasteiger partial charge in [0.05, 0.1) is 5.56 Å². The molecule has 2 aliphatic rings. The molecular formula is C24H32N4O2. The number of nitrogens with zero attached hydrogens (tertiary/aromatic N) is 2. The third kappa shape index (κ3) is 3.88. The van der Waals surface area contributed by atoms with Gasteiger partial charge in [0.2, 0.25) is 0 Å². The highest BCUT2D eigenvalue weighted by molar-refractivity contribution is 6.01. The number of nitrogens with two attached hydrogens (primary N) is 1. The van der Waals surface area contributed by atoms with E-state index in [1.54, 1.807) is 6.07 Å². The lowest BCUT2D eigenvalue weighted by molar-refractivity contribution is 0.0909. The van der Waals surface area contributed by atoms with E-state index < -0.39 is 5.91 Å². The van der Waals surface area contributed by atoms with Crippen LogP contribution in [0.15, 0.2) is 24.4 Å². The van der Waals surface area contributed by atoms with Gasteiger partial charge in [-0.2, -0.15) is 0 Å². The van der Waals surface area contributed by atoms with Crippen molar-refractivity contribution >= 4 is 17.4 Å². The van der Waals surface area contributed by atoms with E-state index in [9.17, 15) is 9.59 Å². The highest BCUT2D eigenvalue weighted by Gasteiger charge is 2.34. The lowest BCUT2D eigenvalue weighted by atomic mass is 9.75. The zero-order valence-corrected chi connectivity index (χ0v) is 18.4. The number of carbonyl (C=O) groups is 2. The molecule has 1 aromatic heterocycles. The summed E-state index contributed by atoms with van der Waals surface area (Å²) in [5.74, 6) is -0.213. The van der Waals surface area contributed by atoms with E-state index in [-0.39, 0.29) is 11.2 Å². The molecule has 2 aromatic rings. The molecule has 0 atom stereocenters. The molecule has 0 saturated carbocycles. The van der Waals surface area contributed by atoms with Gasteiger partial charge in [-0.25, -0.2) is 0 Å². The Kier molecular flexibility index (Phi) is 5.22. The smallest absolute Gasteiger partial charge is 0.250 e. The summed E-state index contributed by atoms with van der Waals surface area (Å²) in [5, 5.41) is 3.57. The van der Waals surface area contributed by atoms with Crippen LogP contribution in [0.25, 0.3) is 5.69 Å². The number of hydrogen-bond acceptors (Lipinski definition) is 4. The van der Waals surface area contributed by atoms with Crippen LogP contribution in [0.4, 0.5) is 5.69 Å². The molecule has 4 rings (SSSR count). The molecule has 6 nitrogen and oxygen atoms in total. The zero-order chi connectivity index (χ0) is 21.6. The van der Waals surface area contributed by atoms with Gasteiger partial charge in [-0.3, -0.25) is 9.59 Å². The minimum atomic E-state index is -0.431. The van der Waals surface area contributed by atoms with Gasteiger partial charge in [-0.15, -0.1) is 0 Å². The Morgan fingerprint density at radius 1 is 1.20 bits per heavy atom. The van der Waals surface area contributed by atoms with Crippen LogP contribution in [0.2, 0.25) is 0 Å². The molecule has 1 saturated heterocycles. The van der Waals surface area contributed by atoms with Gasteiger partial charge in [-0.05, 0) is 75.5 Å². The number of aryl methyl sites for hydroxylation is 1. The summed E-state index contributed by atoms with van der Waals surface area (Å²) in [7, 11) is 2.13. The number of ketones is 1. The van der Waals surface area contributed by atoms with Gasteiger partial charge in [0.15, 0.2) is 5.78 Å². The Morgan fingerprint density at radius 2 is 1.90 bits per heavy atom. The largest absolute Gasteiger partial charge is 0.382 e. The first-order valence-corrected chi connectivity index (χ1v) is 10.8. The number of anilines is 1. The van der Waals surface area contributed by atoms with Crippen molar-refractivity contribution in [3.8, 4) is 5.69 Å². The normalized spacial score (nSPS) is 19.5. The molecule has 1 aliphatic heterocycles. The predicted molar refractivity (Wildman–Crippen MR) is 120 cm³/mol. The van der Waals surface area contributed by atoms with Gasteiger partial charge in [0.25, 0.3) is 5.91 Å². The number of Topliss-reactive ketones (excluding diaryl/α,β-unsaturated/α-hetero) is 1. The second kappa shape index (κ2) is 7.58. The minimum absolute atomic E-state index is 0.0605. The van der Waals surface area contributed by atoms with Crippen LogP contribution in [0.5, 0.6) is 0 Å². The van der Waals surface area contributed by atoms with Crippen molar-refractivity contribution in [2.75, 3.05) is 25.5 Å². The van der Waals surface area contributed by atoms with E-state index in [1.165, 1.54) is 0 Å². The average Bonchev–Trinajstić information content (AvgIpc) is 2.98. The predicted octanol–water partition coefficient (Wildman–Crippen LogP) is 3.55. The number of fused-ring (bicyclic) bond motifs is 1. The SMILES string of the molecule is Cc1cn(-c2ccc(C(N)=O)c(NC3CCN(C)CC3)c2)c2c1C(=O)CC(C)(C)C2. The maximum absolute atomic E-state index is 12.8. The third-order valence-corrected chi connectivity index (χ3v) is 6.49. The topological polar surface area (TPSA) is 80.4 Å². The molecule has 0 spiro atoms. The molecule has 160 valence electrons. The van der Waals surface area contributed by atoms with Crippen LogP contribution in [0.3, 0.4) is 0 Å². The lowest BCUT2D eigenvalue weighted by Gasteiger charge is -2.31. The first-order chi connectivity index (χ1) is 14.1. The Bertz CT molecular complexity index is 997. The van der Waals surface area contributed by atoms with Gasteiger partial charge in [0.1, 0.15) is 0 Å². The molecule has 3 N–H and O–H groups in total. The second-order valence-electron chi connectivity index (χ2n) is 9.76. The van der Waals surface area contributed by atoms with E-state index in [2.05, 4.69) is 35.7 Å². The van der Waals surface area contributed by atoms with Crippen LogP contribution in [0, 0.1) is 12.3 Å². The van der Waals surface area contributed by atoms with Crippen LogP contribution >= 0.6 is 0 Å². The molecule has 30 heavy (non-hydrogen) atoms. The number of aromatic nitrogens is 1. The Balaban J connectivity index is 1.73. The Hall–Kier alpha value is -2.60. The number of nitrogens with one attached hydrogen (secondary N) is 1. The summed E-state index contributed by atoms with van der Waals surface area (Å²) >= 11 is 0. The van der Waals surface area contributed by atoms with E-state index >= 15 is 0 Å². The van der Waals surface area contributed by atoms with Crippen molar-refractivity contribution < 1.29 is 9.59 Å². The van der Waals surface area contributed by atoms with Crippen LogP contribution in [0.1, 0.15) is 65.1 Å². The fourth-order valence-electron chi connectivity index (χ4n) is 4.90. The first kappa shape index (κ1) is 20.7. The number of hydrogen-bond donors (Lipinski definition) is 2. The molecule has 0 unspecified atom stereocenters. The number of primary amides is 1. The van der Waals surface area contributed by atoms with E-state index in [1.807, 2.05) is 25.3 Å². The zero-order valence-electron chi connectivity index (χ0n) is 18.4. The number of likely N-dealkylation sites (tertiary alicyclic amines) is 1. The highest BCUT2D eigenvalue weighted by Crippen LogP contribution is 2.38. The third-order valence-electron chi connectivity index (χ3n) is 6.49. The van der Waals surface area contributed by atoms with Crippen LogP contribution in [-0.2, 0) is 6.42 Å². The number of carbonyl (C=O) groups excluding carboxylic acids is 2. The van der Waals surface area contributed by atoms with Gasteiger partial charge in [0, 0.05) is 41.3 Å². The van der Waals surface area contributed by atoms with Crippen molar-refractivity contribution in [3.05, 3.63) is 46.8 Å². The fraction of sp³-hybridized carbons (Fsp3) is 0.500. The molecule has 1 aromatic carbocycles. The molecule has 0 radical (unpaired) electrons. The highest BCUT2D eigenvalue weighted by atomic mass is 16.1. The molecule has 1 fully saturated rings. The summed E-state index contributed by atoms with van der Waals surface area (Å²) in [4.78, 5) is 27.1. The number of benzene rings is 1. The Labute approximate surface area is 178 Å². The summed E-state index contributed by atoms with van der Waals surface area (Å²) in [5.41, 5.74) is 10.8. The summed E-state index contributed by atoms with van der Waals surface area (Å²) in [6.45, 7) is 8.35. The standard InChI is InChI=1S/C24H32N4O2/c1-15-14-28(20-12-24(2,3)13-21(29)22(15)20)17-5-6-18(23(25)30)19(11-17)26-16-7-9-27(4)10-8-16/h5-6,11,14,16,26H,7-10,12-13H2,1-4H3,(H2,25,30). The molecule has 6 heteroatoms. The van der Waals surface area contributed by atoms with Gasteiger partial charge in [-0.1, -0.05) is 13.8 Å². The van der Waals surface area contributed by atoms with Crippen molar-refractivity contribution in [3.63, 3.8) is 0 Å². The molecule has 1 amide bonds. The van der Waals surface area contributed by atoms with Crippen molar-refractivity contribution in [1.29, 1.82) is 0 Å². The van der Waals surface area contributed by atoms with Crippen LogP contribution < -0.4 is 11.1 Å². The molecule has 0 bridgehead atoms. The van der Waals surface area contributed by atoms with E-state index in [4.69, 9.17) is 5.73 Å². The summed E-state index contributed by atoms with van der Waals surface area (Å²) in [6.07, 6.45) is 5.52. The van der Waals surface area contributed by atoms with Gasteiger partial charge < -0.3 is 20.5 Å². The van der Waals surface area contributed by atoms with Crippen molar-refractivity contribution in [1.82, 2.24) is 9.47 Å². The molecular weight excluding hydrogens is 376 g/mol. The second-order valence-corrected chi connectivity index (χ2v) is 9.76. The summed E-state index contributed by atoms with van der Waals surface area (Å²) < 4.78 is 2.12. The van der Waals surface area contributed by atoms with E-state index in [0.717, 1.165) is 60.5 Å². The van der Waals surface area contributed by atoms with E-state index in [0.29, 0.717) is 18.0 Å². The lowest BCUT2D eigenvalue weighted by Crippen LogP contribution is -2.37.